The maximum absolute atomic E-state index is 13.6. The average Bonchev–Trinajstić information content (AvgIpc) is 3.35. The van der Waals surface area contributed by atoms with Crippen LogP contribution in [0.1, 0.15) is 19.0 Å². The predicted molar refractivity (Wildman–Crippen MR) is 127 cm³/mol. The summed E-state index contributed by atoms with van der Waals surface area (Å²) in [5.74, 6) is -0.214. The second-order valence-corrected chi connectivity index (χ2v) is 8.49. The van der Waals surface area contributed by atoms with Gasteiger partial charge in [0.15, 0.2) is 5.82 Å². The lowest BCUT2D eigenvalue weighted by Gasteiger charge is -2.35. The van der Waals surface area contributed by atoms with E-state index in [-0.39, 0.29) is 30.9 Å². The van der Waals surface area contributed by atoms with Gasteiger partial charge in [0.25, 0.3) is 0 Å². The molecule has 36 heavy (non-hydrogen) atoms. The molecule has 1 fully saturated rings. The van der Waals surface area contributed by atoms with Crippen LogP contribution in [-0.2, 0) is 14.3 Å². The molecule has 0 saturated carbocycles. The summed E-state index contributed by atoms with van der Waals surface area (Å²) in [5, 5.41) is 2.84. The molecule has 0 bridgehead atoms. The third-order valence-corrected chi connectivity index (χ3v) is 5.71. The summed E-state index contributed by atoms with van der Waals surface area (Å²) in [6, 6.07) is 11.3. The Kier molecular flexibility index (Phi) is 6.40. The number of nitrogens with one attached hydrogen (secondary N) is 2. The molecule has 184 valence electrons. The molecule has 0 unspecified atom stereocenters. The topological polar surface area (TPSA) is 124 Å². The Hall–Kier alpha value is -4.22. The molecular formula is C25H23FN6O4. The lowest BCUT2D eigenvalue weighted by Crippen LogP contribution is -2.45. The van der Waals surface area contributed by atoms with Crippen LogP contribution in [0.25, 0.3) is 22.6 Å². The average molecular weight is 490 g/mol. The van der Waals surface area contributed by atoms with E-state index >= 15 is 0 Å². The number of halogens is 1. The van der Waals surface area contributed by atoms with Crippen LogP contribution in [0.5, 0.6) is 6.01 Å². The molecule has 1 aromatic carbocycles. The number of H-pyrrole nitrogens is 1. The fourth-order valence-electron chi connectivity index (χ4n) is 3.70. The van der Waals surface area contributed by atoms with Crippen LogP contribution in [-0.4, -0.2) is 51.2 Å². The molecule has 4 aromatic rings. The Morgan fingerprint density at radius 1 is 1.14 bits per heavy atom. The van der Waals surface area contributed by atoms with Crippen molar-refractivity contribution in [1.82, 2.24) is 24.9 Å². The third kappa shape index (κ3) is 4.79. The second-order valence-electron chi connectivity index (χ2n) is 8.49. The van der Waals surface area contributed by atoms with Crippen molar-refractivity contribution >= 4 is 11.6 Å². The molecule has 1 saturated heterocycles. The van der Waals surface area contributed by atoms with E-state index in [1.165, 1.54) is 19.2 Å². The molecule has 0 aliphatic carbocycles. The van der Waals surface area contributed by atoms with Crippen LogP contribution in [0.2, 0.25) is 0 Å². The summed E-state index contributed by atoms with van der Waals surface area (Å²) in [7, 11) is 1.48. The zero-order valence-electron chi connectivity index (χ0n) is 19.6. The molecule has 11 heteroatoms. The summed E-state index contributed by atoms with van der Waals surface area (Å²) in [5.41, 5.74) is 1.96. The van der Waals surface area contributed by atoms with Crippen LogP contribution in [0.15, 0.2) is 61.1 Å². The normalized spacial score (nSPS) is 19.6. The smallest absolute Gasteiger partial charge is 0.316 e. The van der Waals surface area contributed by atoms with Crippen LogP contribution >= 0.6 is 0 Å². The van der Waals surface area contributed by atoms with Crippen LogP contribution in [0, 0.1) is 11.2 Å². The minimum Gasteiger partial charge on any atom is -0.467 e. The van der Waals surface area contributed by atoms with Crippen molar-refractivity contribution in [1.29, 1.82) is 0 Å². The lowest BCUT2D eigenvalue weighted by molar-refractivity contribution is -0.229. The van der Waals surface area contributed by atoms with Crippen LogP contribution in [0.3, 0.4) is 0 Å². The molecule has 0 atom stereocenters. The number of imidazole rings is 1. The number of pyridine rings is 1. The number of nitrogens with zero attached hydrogens (tertiary/aromatic N) is 4. The number of aromatic amines is 1. The van der Waals surface area contributed by atoms with Gasteiger partial charge in [-0.2, -0.15) is 4.98 Å². The zero-order chi connectivity index (χ0) is 25.1. The first-order valence-corrected chi connectivity index (χ1v) is 11.1. The van der Waals surface area contributed by atoms with E-state index in [1.807, 2.05) is 0 Å². The highest BCUT2D eigenvalue weighted by molar-refractivity contribution is 5.95. The first-order chi connectivity index (χ1) is 17.4. The minimum atomic E-state index is -0.915. The van der Waals surface area contributed by atoms with Gasteiger partial charge < -0.3 is 24.5 Å². The van der Waals surface area contributed by atoms with Gasteiger partial charge in [-0.25, -0.2) is 14.4 Å². The van der Waals surface area contributed by atoms with Crippen molar-refractivity contribution in [3.63, 3.8) is 0 Å². The summed E-state index contributed by atoms with van der Waals surface area (Å²) in [4.78, 5) is 33.2. The predicted octanol–water partition coefficient (Wildman–Crippen LogP) is 3.77. The molecule has 10 nitrogen and oxygen atoms in total. The van der Waals surface area contributed by atoms with E-state index < -0.39 is 11.7 Å². The Morgan fingerprint density at radius 3 is 2.61 bits per heavy atom. The van der Waals surface area contributed by atoms with Crippen molar-refractivity contribution in [2.24, 2.45) is 5.41 Å². The summed E-state index contributed by atoms with van der Waals surface area (Å²) >= 11 is 0. The molecule has 1 aliphatic rings. The summed E-state index contributed by atoms with van der Waals surface area (Å²) < 4.78 is 30.6. The number of carbonyl (C=O) groups is 1. The van der Waals surface area contributed by atoms with Gasteiger partial charge in [-0.05, 0) is 49.4 Å². The Labute approximate surface area is 205 Å². The summed E-state index contributed by atoms with van der Waals surface area (Å²) in [6.45, 7) is 1.97. The second kappa shape index (κ2) is 9.80. The van der Waals surface area contributed by atoms with Gasteiger partial charge in [0.05, 0.1) is 54.7 Å². The van der Waals surface area contributed by atoms with Crippen molar-refractivity contribution in [2.45, 2.75) is 13.2 Å². The van der Waals surface area contributed by atoms with Gasteiger partial charge in [0.1, 0.15) is 5.82 Å². The van der Waals surface area contributed by atoms with Crippen LogP contribution < -0.4 is 10.1 Å². The van der Waals surface area contributed by atoms with Crippen molar-refractivity contribution in [3.8, 4) is 28.7 Å². The number of hydrogen-bond donors (Lipinski definition) is 2. The number of aromatic nitrogens is 5. The molecule has 2 N–H and O–H groups in total. The van der Waals surface area contributed by atoms with E-state index in [1.54, 1.807) is 55.8 Å². The van der Waals surface area contributed by atoms with Gasteiger partial charge in [-0.1, -0.05) is 0 Å². The molecular weight excluding hydrogens is 467 g/mol. The highest BCUT2D eigenvalue weighted by atomic mass is 19.1. The maximum Gasteiger partial charge on any atom is 0.316 e. The van der Waals surface area contributed by atoms with Gasteiger partial charge in [-0.15, -0.1) is 0 Å². The molecule has 1 aliphatic heterocycles. The molecule has 4 heterocycles. The Bertz CT molecular complexity index is 1350. The Morgan fingerprint density at radius 2 is 1.92 bits per heavy atom. The number of amides is 1. The van der Waals surface area contributed by atoms with Crippen molar-refractivity contribution in [2.75, 3.05) is 25.6 Å². The Balaban J connectivity index is 1.40. The largest absolute Gasteiger partial charge is 0.467 e. The number of benzene rings is 1. The van der Waals surface area contributed by atoms with E-state index in [0.717, 1.165) is 0 Å². The minimum absolute atomic E-state index is 0.104. The monoisotopic (exact) mass is 490 g/mol. The fourth-order valence-corrected chi connectivity index (χ4v) is 3.70. The number of methoxy groups -OCH3 is 1. The highest BCUT2D eigenvalue weighted by Gasteiger charge is 2.41. The van der Waals surface area contributed by atoms with E-state index in [0.29, 0.717) is 34.2 Å². The van der Waals surface area contributed by atoms with Crippen LogP contribution in [0.4, 0.5) is 10.1 Å². The zero-order valence-corrected chi connectivity index (χ0v) is 19.6. The molecule has 0 radical (unpaired) electrons. The molecule has 5 rings (SSSR count). The van der Waals surface area contributed by atoms with Gasteiger partial charge in [0, 0.05) is 18.0 Å². The van der Waals surface area contributed by atoms with Gasteiger partial charge in [-0.3, -0.25) is 9.78 Å². The fraction of sp³-hybridized carbons (Fsp3) is 0.240. The number of anilines is 1. The van der Waals surface area contributed by atoms with Gasteiger partial charge in [0.2, 0.25) is 12.2 Å². The highest BCUT2D eigenvalue weighted by Crippen LogP contribution is 2.36. The standard InChI is InChI=1S/C25H23FN6O4/c1-25(23(33)29-17-4-3-10-27-12-17)13-35-22(36-14-25)21-31-19(15-5-7-16(26)8-6-15)20(32-21)18-9-11-28-24(30-18)34-2/h3-12,22H,13-14H2,1-2H3,(H,29,33)(H,31,32). The third-order valence-electron chi connectivity index (χ3n) is 5.71. The molecule has 3 aromatic heterocycles. The number of rotatable bonds is 6. The van der Waals surface area contributed by atoms with Gasteiger partial charge >= 0.3 is 6.01 Å². The first-order valence-electron chi connectivity index (χ1n) is 11.1. The van der Waals surface area contributed by atoms with Crippen molar-refractivity contribution < 1.29 is 23.4 Å². The molecule has 0 spiro atoms. The maximum atomic E-state index is 13.6. The first kappa shape index (κ1) is 23.5. The lowest BCUT2D eigenvalue weighted by atomic mass is 9.91. The van der Waals surface area contributed by atoms with E-state index in [9.17, 15) is 9.18 Å². The number of hydrogen-bond acceptors (Lipinski definition) is 8. The summed E-state index contributed by atoms with van der Waals surface area (Å²) in [6.07, 6.45) is 3.92. The number of ether oxygens (including phenoxy) is 3. The van der Waals surface area contributed by atoms with E-state index in [4.69, 9.17) is 14.2 Å². The number of carbonyl (C=O) groups excluding carboxylic acids is 1. The van der Waals surface area contributed by atoms with Crippen molar-refractivity contribution in [3.05, 3.63) is 72.7 Å². The SMILES string of the molecule is COc1nccc(-c2[nH]c(C3OCC(C)(C(=O)Nc4cccnc4)CO3)nc2-c2ccc(F)cc2)n1. The van der Waals surface area contributed by atoms with E-state index in [2.05, 4.69) is 30.2 Å². The molecule has 1 amide bonds. The quantitative estimate of drug-likeness (QED) is 0.419.